The Morgan fingerprint density at radius 1 is 1.17 bits per heavy atom. The van der Waals surface area contributed by atoms with E-state index in [1.165, 1.54) is 11.3 Å². The molecule has 3 heterocycles. The summed E-state index contributed by atoms with van der Waals surface area (Å²) >= 11 is 1.56. The molecule has 1 aliphatic carbocycles. The van der Waals surface area contributed by atoms with Gasteiger partial charge < -0.3 is 14.6 Å². The quantitative estimate of drug-likeness (QED) is 0.759. The van der Waals surface area contributed by atoms with E-state index in [-0.39, 0.29) is 18.4 Å². The molecule has 2 amide bonds. The highest BCUT2D eigenvalue weighted by Crippen LogP contribution is 2.36. The van der Waals surface area contributed by atoms with Crippen LogP contribution in [-0.2, 0) is 17.6 Å². The normalized spacial score (nSPS) is 17.1. The molecule has 4 rings (SSSR count). The Labute approximate surface area is 180 Å². The molecule has 0 spiro atoms. The summed E-state index contributed by atoms with van der Waals surface area (Å²) in [5, 5.41) is 13.3. The van der Waals surface area contributed by atoms with Crippen molar-refractivity contribution in [2.45, 2.75) is 39.0 Å². The topological polar surface area (TPSA) is 89.6 Å². The molecule has 1 saturated heterocycles. The van der Waals surface area contributed by atoms with Crippen molar-refractivity contribution in [3.8, 4) is 6.07 Å². The molecule has 2 aliphatic rings. The molecular formula is C22H26N4O3S. The zero-order valence-corrected chi connectivity index (χ0v) is 18.0. The van der Waals surface area contributed by atoms with Gasteiger partial charge in [-0.2, -0.15) is 5.26 Å². The number of fused-ring (bicyclic) bond motifs is 1. The molecule has 8 heteroatoms. The third kappa shape index (κ3) is 4.42. The number of hydrogen-bond acceptors (Lipinski definition) is 6. The van der Waals surface area contributed by atoms with Crippen molar-refractivity contribution in [2.24, 2.45) is 0 Å². The number of piperazine rings is 1. The average molecular weight is 427 g/mol. The minimum atomic E-state index is -0.107. The van der Waals surface area contributed by atoms with Crippen LogP contribution in [0, 0.1) is 18.3 Å². The summed E-state index contributed by atoms with van der Waals surface area (Å²) in [5.74, 6) is 0.867. The molecule has 0 aromatic carbocycles. The minimum Gasteiger partial charge on any atom is -0.456 e. The maximum atomic E-state index is 12.6. The van der Waals surface area contributed by atoms with Crippen molar-refractivity contribution < 1.29 is 14.0 Å². The van der Waals surface area contributed by atoms with Crippen LogP contribution in [0.15, 0.2) is 16.5 Å². The number of amides is 2. The van der Waals surface area contributed by atoms with Crippen LogP contribution < -0.4 is 5.32 Å². The van der Waals surface area contributed by atoms with Gasteiger partial charge in [-0.3, -0.25) is 14.5 Å². The SMILES string of the molecule is Cc1ccc(C(=O)N2CCN(CC(=O)Nc3sc4c(c3C#N)CCCCC4)CC2)o1. The number of aryl methyl sites for hydroxylation is 2. The molecule has 0 atom stereocenters. The number of nitrogens with zero attached hydrogens (tertiary/aromatic N) is 3. The highest BCUT2D eigenvalue weighted by Gasteiger charge is 2.26. The molecule has 7 nitrogen and oxygen atoms in total. The van der Waals surface area contributed by atoms with Gasteiger partial charge in [0.2, 0.25) is 5.91 Å². The molecule has 0 radical (unpaired) electrons. The number of carbonyl (C=O) groups excluding carboxylic acids is 2. The van der Waals surface area contributed by atoms with Crippen molar-refractivity contribution in [1.29, 1.82) is 5.26 Å². The standard InChI is InChI=1S/C22H26N4O3S/c1-15-7-8-18(29-15)22(28)26-11-9-25(10-12-26)14-20(27)24-21-17(13-23)16-5-3-2-4-6-19(16)30-21/h7-8H,2-6,9-12,14H2,1H3,(H,24,27). The lowest BCUT2D eigenvalue weighted by Gasteiger charge is -2.33. The lowest BCUT2D eigenvalue weighted by atomic mass is 10.1. The fourth-order valence-corrected chi connectivity index (χ4v) is 5.39. The molecule has 2 aromatic rings. The van der Waals surface area contributed by atoms with Gasteiger partial charge in [-0.1, -0.05) is 6.42 Å². The second-order valence-electron chi connectivity index (χ2n) is 7.91. The first kappa shape index (κ1) is 20.6. The van der Waals surface area contributed by atoms with Crippen LogP contribution in [0.3, 0.4) is 0 Å². The predicted octanol–water partition coefficient (Wildman–Crippen LogP) is 3.19. The highest BCUT2D eigenvalue weighted by atomic mass is 32.1. The maximum Gasteiger partial charge on any atom is 0.289 e. The van der Waals surface area contributed by atoms with Crippen molar-refractivity contribution in [3.63, 3.8) is 0 Å². The summed E-state index contributed by atoms with van der Waals surface area (Å²) in [7, 11) is 0. The van der Waals surface area contributed by atoms with Crippen molar-refractivity contribution in [3.05, 3.63) is 39.7 Å². The van der Waals surface area contributed by atoms with Gasteiger partial charge in [0.15, 0.2) is 5.76 Å². The van der Waals surface area contributed by atoms with Crippen LogP contribution in [0.4, 0.5) is 5.00 Å². The number of hydrogen-bond donors (Lipinski definition) is 1. The number of nitrogens with one attached hydrogen (secondary N) is 1. The van der Waals surface area contributed by atoms with E-state index in [9.17, 15) is 14.9 Å². The number of thiophene rings is 1. The summed E-state index contributed by atoms with van der Waals surface area (Å²) < 4.78 is 5.43. The van der Waals surface area contributed by atoms with Crippen molar-refractivity contribution >= 4 is 28.2 Å². The van der Waals surface area contributed by atoms with Gasteiger partial charge in [0.05, 0.1) is 12.1 Å². The molecule has 158 valence electrons. The highest BCUT2D eigenvalue weighted by molar-refractivity contribution is 7.16. The molecule has 30 heavy (non-hydrogen) atoms. The first-order valence-electron chi connectivity index (χ1n) is 10.5. The third-order valence-corrected chi connectivity index (χ3v) is 6.97. The molecular weight excluding hydrogens is 400 g/mol. The monoisotopic (exact) mass is 426 g/mol. The van der Waals surface area contributed by atoms with Crippen LogP contribution in [0.1, 0.15) is 51.6 Å². The zero-order valence-electron chi connectivity index (χ0n) is 17.2. The van der Waals surface area contributed by atoms with E-state index in [2.05, 4.69) is 11.4 Å². The van der Waals surface area contributed by atoms with Gasteiger partial charge in [0.1, 0.15) is 16.8 Å². The number of nitriles is 1. The van der Waals surface area contributed by atoms with Gasteiger partial charge in [-0.25, -0.2) is 0 Å². The fraction of sp³-hybridized carbons (Fsp3) is 0.500. The van der Waals surface area contributed by atoms with Crippen molar-refractivity contribution in [1.82, 2.24) is 9.80 Å². The van der Waals surface area contributed by atoms with E-state index in [0.717, 1.165) is 37.0 Å². The van der Waals surface area contributed by atoms with Crippen LogP contribution in [0.5, 0.6) is 0 Å². The Morgan fingerprint density at radius 3 is 2.63 bits per heavy atom. The van der Waals surface area contributed by atoms with Crippen LogP contribution in [0.25, 0.3) is 0 Å². The number of anilines is 1. The Balaban J connectivity index is 1.31. The van der Waals surface area contributed by atoms with Crippen LogP contribution >= 0.6 is 11.3 Å². The maximum absolute atomic E-state index is 12.6. The summed E-state index contributed by atoms with van der Waals surface area (Å²) in [6.07, 6.45) is 5.37. The Bertz CT molecular complexity index is 979. The smallest absolute Gasteiger partial charge is 0.289 e. The molecule has 0 bridgehead atoms. The Hall–Kier alpha value is -2.63. The van der Waals surface area contributed by atoms with Gasteiger partial charge >= 0.3 is 0 Å². The van der Waals surface area contributed by atoms with Gasteiger partial charge in [0, 0.05) is 31.1 Å². The molecule has 1 fully saturated rings. The molecule has 0 unspecified atom stereocenters. The largest absolute Gasteiger partial charge is 0.456 e. The van der Waals surface area contributed by atoms with Gasteiger partial charge in [0.25, 0.3) is 5.91 Å². The number of carbonyl (C=O) groups is 2. The molecule has 1 aliphatic heterocycles. The van der Waals surface area contributed by atoms with Crippen LogP contribution in [-0.4, -0.2) is 54.3 Å². The Kier molecular flexibility index (Phi) is 6.21. The van der Waals surface area contributed by atoms with E-state index >= 15 is 0 Å². The predicted molar refractivity (Wildman–Crippen MR) is 115 cm³/mol. The number of furan rings is 1. The first-order chi connectivity index (χ1) is 14.5. The van der Waals surface area contributed by atoms with E-state index < -0.39 is 0 Å². The van der Waals surface area contributed by atoms with Gasteiger partial charge in [-0.05, 0) is 50.3 Å². The Morgan fingerprint density at radius 2 is 1.93 bits per heavy atom. The molecule has 0 saturated carbocycles. The van der Waals surface area contributed by atoms with Gasteiger partial charge in [-0.15, -0.1) is 11.3 Å². The third-order valence-electron chi connectivity index (χ3n) is 5.76. The summed E-state index contributed by atoms with van der Waals surface area (Å²) in [6, 6.07) is 5.79. The van der Waals surface area contributed by atoms with E-state index in [1.807, 2.05) is 11.8 Å². The zero-order chi connectivity index (χ0) is 21.1. The van der Waals surface area contributed by atoms with Crippen molar-refractivity contribution in [2.75, 3.05) is 38.0 Å². The van der Waals surface area contributed by atoms with Crippen LogP contribution in [0.2, 0.25) is 0 Å². The van der Waals surface area contributed by atoms with E-state index in [0.29, 0.717) is 42.5 Å². The molecule has 2 aromatic heterocycles. The van der Waals surface area contributed by atoms with E-state index in [1.54, 1.807) is 28.4 Å². The lowest BCUT2D eigenvalue weighted by molar-refractivity contribution is -0.117. The minimum absolute atomic E-state index is 0.106. The lowest BCUT2D eigenvalue weighted by Crippen LogP contribution is -2.50. The second-order valence-corrected chi connectivity index (χ2v) is 9.01. The first-order valence-corrected chi connectivity index (χ1v) is 11.3. The number of rotatable bonds is 4. The average Bonchev–Trinajstić information content (AvgIpc) is 3.23. The summed E-state index contributed by atoms with van der Waals surface area (Å²) in [4.78, 5) is 30.1. The second kappa shape index (κ2) is 9.02. The summed E-state index contributed by atoms with van der Waals surface area (Å²) in [5.41, 5.74) is 1.78. The van der Waals surface area contributed by atoms with E-state index in [4.69, 9.17) is 4.42 Å². The fourth-order valence-electron chi connectivity index (χ4n) is 4.13. The summed E-state index contributed by atoms with van der Waals surface area (Å²) in [6.45, 7) is 4.45. The molecule has 1 N–H and O–H groups in total.